The molecule has 0 spiro atoms. The highest BCUT2D eigenvalue weighted by molar-refractivity contribution is 6.21. The summed E-state index contributed by atoms with van der Waals surface area (Å²) in [5.41, 5.74) is 11.1. The van der Waals surface area contributed by atoms with Crippen molar-refractivity contribution < 1.29 is 0 Å². The minimum atomic E-state index is 1.18. The molecule has 0 amide bonds. The van der Waals surface area contributed by atoms with Crippen molar-refractivity contribution in [3.63, 3.8) is 0 Å². The number of hydrogen-bond donors (Lipinski definition) is 0. The number of fused-ring (bicyclic) bond motifs is 2. The minimum absolute atomic E-state index is 1.18. The first kappa shape index (κ1) is 26.5. The van der Waals surface area contributed by atoms with E-state index in [4.69, 9.17) is 0 Å². The van der Waals surface area contributed by atoms with Gasteiger partial charge in [-0.15, -0.1) is 0 Å². The quantitative estimate of drug-likeness (QED) is 0.147. The van der Waals surface area contributed by atoms with Gasteiger partial charge in [0.1, 0.15) is 0 Å². The van der Waals surface area contributed by atoms with Gasteiger partial charge in [0.15, 0.2) is 0 Å². The molecule has 0 saturated heterocycles. The molecule has 1 heteroatoms. The van der Waals surface area contributed by atoms with Crippen molar-refractivity contribution in [3.05, 3.63) is 163 Å². The van der Waals surface area contributed by atoms with E-state index in [1.165, 1.54) is 71.7 Å². The van der Waals surface area contributed by atoms with E-state index in [1.54, 1.807) is 0 Å². The maximum Gasteiger partial charge on any atom is 0.0361 e. The number of nitrogens with zero attached hydrogens (tertiary/aromatic N) is 1. The van der Waals surface area contributed by atoms with Gasteiger partial charge in [0.05, 0.1) is 0 Å². The van der Waals surface area contributed by atoms with Crippen LogP contribution in [0.3, 0.4) is 0 Å². The Labute approximate surface area is 254 Å². The molecule has 0 fully saturated rings. The fraction of sp³-hybridized carbons (Fsp3) is 0.0476. The van der Waals surface area contributed by atoms with E-state index in [1.807, 2.05) is 0 Å². The van der Waals surface area contributed by atoms with Crippen molar-refractivity contribution >= 4 is 39.4 Å². The standard InChI is InChI=1S/C42H33N/c1-43(2)36-28-26-35(27-29-36)42-39-14-8-6-12-37(39)41(38-13-7-9-15-40(38)42)34-24-20-31(21-25-34)17-16-30-18-22-33(23-19-30)32-10-4-3-5-11-32/h3-29H,1-2H3. The fourth-order valence-corrected chi connectivity index (χ4v) is 6.05. The van der Waals surface area contributed by atoms with Gasteiger partial charge in [0, 0.05) is 19.8 Å². The Bertz CT molecular complexity index is 1990. The molecule has 7 aromatic carbocycles. The summed E-state index contributed by atoms with van der Waals surface area (Å²) in [5.74, 6) is 0. The summed E-state index contributed by atoms with van der Waals surface area (Å²) in [6, 6.07) is 54.8. The highest BCUT2D eigenvalue weighted by Gasteiger charge is 2.16. The maximum absolute atomic E-state index is 2.27. The van der Waals surface area contributed by atoms with Gasteiger partial charge in [-0.25, -0.2) is 0 Å². The average Bonchev–Trinajstić information content (AvgIpc) is 3.07. The SMILES string of the molecule is CN(C)c1ccc(-c2c3ccccc3c(-c3ccc(C=Cc4ccc(-c5ccccc5)cc4)cc3)c3ccccc23)cc1. The van der Waals surface area contributed by atoms with Crippen molar-refractivity contribution in [1.29, 1.82) is 0 Å². The van der Waals surface area contributed by atoms with Gasteiger partial charge in [-0.05, 0) is 78.2 Å². The lowest BCUT2D eigenvalue weighted by Gasteiger charge is -2.18. The van der Waals surface area contributed by atoms with Crippen molar-refractivity contribution in [1.82, 2.24) is 0 Å². The first-order chi connectivity index (χ1) is 21.2. The number of hydrogen-bond acceptors (Lipinski definition) is 1. The number of rotatable bonds is 6. The molecule has 0 aliphatic rings. The monoisotopic (exact) mass is 551 g/mol. The molecule has 0 aliphatic heterocycles. The van der Waals surface area contributed by atoms with Crippen LogP contribution >= 0.6 is 0 Å². The fourth-order valence-electron chi connectivity index (χ4n) is 6.05. The van der Waals surface area contributed by atoms with E-state index >= 15 is 0 Å². The zero-order valence-electron chi connectivity index (χ0n) is 24.5. The van der Waals surface area contributed by atoms with Gasteiger partial charge in [-0.3, -0.25) is 0 Å². The zero-order chi connectivity index (χ0) is 29.2. The topological polar surface area (TPSA) is 3.24 Å². The van der Waals surface area contributed by atoms with Gasteiger partial charge < -0.3 is 4.90 Å². The summed E-state index contributed by atoms with van der Waals surface area (Å²) in [6.45, 7) is 0. The van der Waals surface area contributed by atoms with Gasteiger partial charge in [-0.2, -0.15) is 0 Å². The summed E-state index contributed by atoms with van der Waals surface area (Å²) in [4.78, 5) is 2.14. The van der Waals surface area contributed by atoms with E-state index in [2.05, 4.69) is 183 Å². The normalized spacial score (nSPS) is 11.4. The van der Waals surface area contributed by atoms with E-state index < -0.39 is 0 Å². The van der Waals surface area contributed by atoms with Crippen LogP contribution in [0, 0.1) is 0 Å². The van der Waals surface area contributed by atoms with E-state index in [0.717, 1.165) is 0 Å². The molecule has 0 heterocycles. The molecular formula is C42H33N. The predicted molar refractivity (Wildman–Crippen MR) is 187 cm³/mol. The van der Waals surface area contributed by atoms with E-state index in [9.17, 15) is 0 Å². The van der Waals surface area contributed by atoms with Crippen LogP contribution in [0.15, 0.2) is 152 Å². The lowest BCUT2D eigenvalue weighted by Crippen LogP contribution is -2.07. The first-order valence-electron chi connectivity index (χ1n) is 14.8. The highest BCUT2D eigenvalue weighted by Crippen LogP contribution is 2.43. The smallest absolute Gasteiger partial charge is 0.0361 e. The Morgan fingerprint density at radius 3 is 1.12 bits per heavy atom. The Kier molecular flexibility index (Phi) is 7.07. The summed E-state index contributed by atoms with van der Waals surface area (Å²) in [6.07, 6.45) is 4.38. The summed E-state index contributed by atoms with van der Waals surface area (Å²) < 4.78 is 0. The Hall–Kier alpha value is -5.40. The summed E-state index contributed by atoms with van der Waals surface area (Å²) in [5, 5.41) is 5.10. The number of benzene rings is 7. The third kappa shape index (κ3) is 5.22. The van der Waals surface area contributed by atoms with Crippen LogP contribution in [-0.4, -0.2) is 14.1 Å². The molecule has 0 atom stereocenters. The summed E-state index contributed by atoms with van der Waals surface area (Å²) in [7, 11) is 4.16. The molecule has 1 nitrogen and oxygen atoms in total. The largest absolute Gasteiger partial charge is 0.378 e. The van der Waals surface area contributed by atoms with Crippen LogP contribution in [0.2, 0.25) is 0 Å². The second-order valence-electron chi connectivity index (χ2n) is 11.2. The third-order valence-corrected chi connectivity index (χ3v) is 8.29. The van der Waals surface area contributed by atoms with Gasteiger partial charge in [0.2, 0.25) is 0 Å². The van der Waals surface area contributed by atoms with Gasteiger partial charge in [0.25, 0.3) is 0 Å². The first-order valence-corrected chi connectivity index (χ1v) is 14.8. The molecule has 7 rings (SSSR count). The van der Waals surface area contributed by atoms with E-state index in [-0.39, 0.29) is 0 Å². The molecule has 0 saturated carbocycles. The molecule has 0 aromatic heterocycles. The lowest BCUT2D eigenvalue weighted by atomic mass is 9.86. The van der Waals surface area contributed by atoms with Crippen molar-refractivity contribution in [3.8, 4) is 33.4 Å². The lowest BCUT2D eigenvalue weighted by molar-refractivity contribution is 1.13. The van der Waals surface area contributed by atoms with Crippen molar-refractivity contribution in [2.24, 2.45) is 0 Å². The number of anilines is 1. The second kappa shape index (κ2) is 11.5. The molecule has 43 heavy (non-hydrogen) atoms. The average molecular weight is 552 g/mol. The zero-order valence-corrected chi connectivity index (χ0v) is 24.5. The van der Waals surface area contributed by atoms with Crippen LogP contribution in [0.5, 0.6) is 0 Å². The minimum Gasteiger partial charge on any atom is -0.378 e. The van der Waals surface area contributed by atoms with Crippen LogP contribution in [-0.2, 0) is 0 Å². The molecule has 0 bridgehead atoms. The van der Waals surface area contributed by atoms with Crippen molar-refractivity contribution in [2.45, 2.75) is 0 Å². The van der Waals surface area contributed by atoms with Crippen LogP contribution < -0.4 is 4.90 Å². The molecule has 0 aliphatic carbocycles. The highest BCUT2D eigenvalue weighted by atomic mass is 15.1. The van der Waals surface area contributed by atoms with Gasteiger partial charge in [-0.1, -0.05) is 152 Å². The Morgan fingerprint density at radius 1 is 0.349 bits per heavy atom. The van der Waals surface area contributed by atoms with Crippen LogP contribution in [0.1, 0.15) is 11.1 Å². The van der Waals surface area contributed by atoms with Crippen LogP contribution in [0.25, 0.3) is 67.1 Å². The maximum atomic E-state index is 2.27. The van der Waals surface area contributed by atoms with E-state index in [0.29, 0.717) is 0 Å². The third-order valence-electron chi connectivity index (χ3n) is 8.29. The van der Waals surface area contributed by atoms with Crippen molar-refractivity contribution in [2.75, 3.05) is 19.0 Å². The molecule has 0 N–H and O–H groups in total. The van der Waals surface area contributed by atoms with Crippen LogP contribution in [0.4, 0.5) is 5.69 Å². The second-order valence-corrected chi connectivity index (χ2v) is 11.2. The predicted octanol–water partition coefficient (Wildman–Crippen LogP) is 11.2. The Morgan fingerprint density at radius 2 is 0.698 bits per heavy atom. The molecule has 0 radical (unpaired) electrons. The molecule has 206 valence electrons. The Balaban J connectivity index is 1.25. The molecule has 0 unspecified atom stereocenters. The summed E-state index contributed by atoms with van der Waals surface area (Å²) >= 11 is 0. The van der Waals surface area contributed by atoms with Gasteiger partial charge >= 0.3 is 0 Å². The molecular weight excluding hydrogens is 518 g/mol. The molecule has 7 aromatic rings.